The van der Waals surface area contributed by atoms with Crippen molar-refractivity contribution in [3.8, 4) is 6.07 Å². The van der Waals surface area contributed by atoms with E-state index in [-0.39, 0.29) is 0 Å². The van der Waals surface area contributed by atoms with Crippen molar-refractivity contribution >= 4 is 0 Å². The molecule has 1 heteroatoms. The van der Waals surface area contributed by atoms with Crippen molar-refractivity contribution in [2.24, 2.45) is 29.6 Å². The minimum atomic E-state index is 0.355. The number of hydrogen-bond acceptors (Lipinski definition) is 1. The first kappa shape index (κ1) is 20.8. The summed E-state index contributed by atoms with van der Waals surface area (Å²) in [6.45, 7) is 4.61. The van der Waals surface area contributed by atoms with E-state index < -0.39 is 0 Å². The molecule has 0 radical (unpaired) electrons. The average Bonchev–Trinajstić information content (AvgIpc) is 2.65. The van der Waals surface area contributed by atoms with Crippen molar-refractivity contribution in [1.82, 2.24) is 0 Å². The van der Waals surface area contributed by atoms with Crippen LogP contribution in [-0.2, 0) is 0 Å². The first-order chi connectivity index (χ1) is 12.3. The zero-order chi connectivity index (χ0) is 17.9. The van der Waals surface area contributed by atoms with Crippen LogP contribution in [0.3, 0.4) is 0 Å². The Morgan fingerprint density at radius 3 is 1.92 bits per heavy atom. The third-order valence-electron chi connectivity index (χ3n) is 7.34. The molecule has 2 aliphatic rings. The van der Waals surface area contributed by atoms with E-state index in [1.807, 2.05) is 0 Å². The molecule has 2 rings (SSSR count). The molecule has 2 saturated carbocycles. The van der Waals surface area contributed by atoms with Crippen molar-refractivity contribution < 1.29 is 0 Å². The third kappa shape index (κ3) is 7.32. The maximum atomic E-state index is 9.75. The molecule has 0 saturated heterocycles. The van der Waals surface area contributed by atoms with Gasteiger partial charge in [0, 0.05) is 5.92 Å². The van der Waals surface area contributed by atoms with Gasteiger partial charge in [0.05, 0.1) is 6.07 Å². The quantitative estimate of drug-likeness (QED) is 0.369. The maximum Gasteiger partial charge on any atom is 0.0658 e. The Hall–Kier alpha value is -0.510. The van der Waals surface area contributed by atoms with E-state index in [1.54, 1.807) is 0 Å². The Morgan fingerprint density at radius 1 is 0.720 bits per heavy atom. The summed E-state index contributed by atoms with van der Waals surface area (Å²) in [5, 5.41) is 9.75. The highest BCUT2D eigenvalue weighted by atomic mass is 14.4. The van der Waals surface area contributed by atoms with Crippen molar-refractivity contribution in [2.45, 2.75) is 117 Å². The zero-order valence-electron chi connectivity index (χ0n) is 17.1. The van der Waals surface area contributed by atoms with Gasteiger partial charge < -0.3 is 0 Å². The highest BCUT2D eigenvalue weighted by molar-refractivity contribution is 4.92. The van der Waals surface area contributed by atoms with Crippen LogP contribution >= 0.6 is 0 Å². The molecule has 144 valence electrons. The molecule has 1 unspecified atom stereocenters. The minimum Gasteiger partial charge on any atom is -0.198 e. The minimum absolute atomic E-state index is 0.355. The van der Waals surface area contributed by atoms with Crippen LogP contribution in [0.5, 0.6) is 0 Å². The molecule has 0 aromatic rings. The van der Waals surface area contributed by atoms with Crippen LogP contribution in [-0.4, -0.2) is 0 Å². The molecule has 0 N–H and O–H groups in total. The van der Waals surface area contributed by atoms with E-state index in [0.717, 1.165) is 17.8 Å². The van der Waals surface area contributed by atoms with Crippen LogP contribution in [0.4, 0.5) is 0 Å². The largest absolute Gasteiger partial charge is 0.198 e. The molecule has 25 heavy (non-hydrogen) atoms. The Kier molecular flexibility index (Phi) is 9.97. The molecular formula is C24H43N. The van der Waals surface area contributed by atoms with Gasteiger partial charge in [-0.05, 0) is 42.9 Å². The molecule has 0 bridgehead atoms. The molecule has 0 amide bonds. The molecule has 0 heterocycles. The van der Waals surface area contributed by atoms with Crippen LogP contribution in [0.1, 0.15) is 117 Å². The fourth-order valence-corrected chi connectivity index (χ4v) is 5.61. The summed E-state index contributed by atoms with van der Waals surface area (Å²) in [6.07, 6.45) is 22.2. The summed E-state index contributed by atoms with van der Waals surface area (Å²) in [4.78, 5) is 0. The average molecular weight is 346 g/mol. The SMILES string of the molecule is CCCCCC[C@H]1CC[C@H](CC(C#N)[C@H]2CC[C@H](CCC)CC2)CC1. The summed E-state index contributed by atoms with van der Waals surface area (Å²) < 4.78 is 0. The van der Waals surface area contributed by atoms with Gasteiger partial charge in [0.1, 0.15) is 0 Å². The van der Waals surface area contributed by atoms with E-state index in [4.69, 9.17) is 0 Å². The van der Waals surface area contributed by atoms with Gasteiger partial charge in [-0.1, -0.05) is 97.3 Å². The molecule has 2 fully saturated rings. The molecule has 0 spiro atoms. The maximum absolute atomic E-state index is 9.75. The summed E-state index contributed by atoms with van der Waals surface area (Å²) in [6, 6.07) is 2.73. The van der Waals surface area contributed by atoms with Crippen molar-refractivity contribution in [3.63, 3.8) is 0 Å². The third-order valence-corrected chi connectivity index (χ3v) is 7.34. The number of unbranched alkanes of at least 4 members (excludes halogenated alkanes) is 3. The van der Waals surface area contributed by atoms with E-state index in [1.165, 1.54) is 103 Å². The predicted molar refractivity (Wildman–Crippen MR) is 108 cm³/mol. The summed E-state index contributed by atoms with van der Waals surface area (Å²) in [7, 11) is 0. The highest BCUT2D eigenvalue weighted by Crippen LogP contribution is 2.41. The second-order valence-electron chi connectivity index (χ2n) is 9.28. The molecule has 0 aromatic carbocycles. The number of rotatable bonds is 10. The van der Waals surface area contributed by atoms with Crippen molar-refractivity contribution in [1.29, 1.82) is 5.26 Å². The van der Waals surface area contributed by atoms with Crippen molar-refractivity contribution in [3.05, 3.63) is 0 Å². The summed E-state index contributed by atoms with van der Waals surface area (Å²) >= 11 is 0. The standard InChI is InChI=1S/C24H43N/c1-3-5-6-7-9-21-10-12-22(13-11-21)18-24(19-25)23-16-14-20(8-4-2)15-17-23/h20-24H,3-18H2,1-2H3/t20-,21-,22-,23-,24?. The van der Waals surface area contributed by atoms with Gasteiger partial charge in [-0.3, -0.25) is 0 Å². The Bertz CT molecular complexity index is 366. The Balaban J connectivity index is 1.65. The van der Waals surface area contributed by atoms with Crippen LogP contribution in [0.2, 0.25) is 0 Å². The van der Waals surface area contributed by atoms with Gasteiger partial charge in [-0.25, -0.2) is 0 Å². The van der Waals surface area contributed by atoms with Crippen LogP contribution in [0.25, 0.3) is 0 Å². The smallest absolute Gasteiger partial charge is 0.0658 e. The monoisotopic (exact) mass is 345 g/mol. The number of hydrogen-bond donors (Lipinski definition) is 0. The summed E-state index contributed by atoms with van der Waals surface area (Å²) in [5.74, 6) is 3.88. The number of nitriles is 1. The van der Waals surface area contributed by atoms with E-state index in [9.17, 15) is 5.26 Å². The zero-order valence-corrected chi connectivity index (χ0v) is 17.1. The summed E-state index contributed by atoms with van der Waals surface area (Å²) in [5.41, 5.74) is 0. The lowest BCUT2D eigenvalue weighted by Crippen LogP contribution is -2.24. The first-order valence-corrected chi connectivity index (χ1v) is 11.7. The first-order valence-electron chi connectivity index (χ1n) is 11.7. The lowest BCUT2D eigenvalue weighted by Gasteiger charge is -2.34. The van der Waals surface area contributed by atoms with Gasteiger partial charge in [-0.2, -0.15) is 5.26 Å². The van der Waals surface area contributed by atoms with E-state index >= 15 is 0 Å². The van der Waals surface area contributed by atoms with Crippen LogP contribution < -0.4 is 0 Å². The van der Waals surface area contributed by atoms with Gasteiger partial charge in [0.25, 0.3) is 0 Å². The second-order valence-corrected chi connectivity index (χ2v) is 9.28. The molecule has 1 atom stereocenters. The molecule has 0 aromatic heterocycles. The predicted octanol–water partition coefficient (Wildman–Crippen LogP) is 7.90. The molecular weight excluding hydrogens is 302 g/mol. The molecule has 2 aliphatic carbocycles. The fourth-order valence-electron chi connectivity index (χ4n) is 5.61. The van der Waals surface area contributed by atoms with Gasteiger partial charge in [0.2, 0.25) is 0 Å². The van der Waals surface area contributed by atoms with Crippen LogP contribution in [0, 0.1) is 40.9 Å². The normalized spacial score (nSPS) is 31.4. The number of nitrogens with zero attached hydrogens (tertiary/aromatic N) is 1. The van der Waals surface area contributed by atoms with Crippen LogP contribution in [0.15, 0.2) is 0 Å². The highest BCUT2D eigenvalue weighted by Gasteiger charge is 2.30. The topological polar surface area (TPSA) is 23.8 Å². The lowest BCUT2D eigenvalue weighted by molar-refractivity contribution is 0.177. The van der Waals surface area contributed by atoms with E-state index in [2.05, 4.69) is 19.9 Å². The molecule has 1 nitrogen and oxygen atoms in total. The van der Waals surface area contributed by atoms with E-state index in [0.29, 0.717) is 11.8 Å². The van der Waals surface area contributed by atoms with Gasteiger partial charge >= 0.3 is 0 Å². The second kappa shape index (κ2) is 12.0. The van der Waals surface area contributed by atoms with Gasteiger partial charge in [-0.15, -0.1) is 0 Å². The Labute approximate surface area is 158 Å². The lowest BCUT2D eigenvalue weighted by atomic mass is 9.70. The van der Waals surface area contributed by atoms with Crippen molar-refractivity contribution in [2.75, 3.05) is 0 Å². The fraction of sp³-hybridized carbons (Fsp3) is 0.958. The molecule has 0 aliphatic heterocycles. The van der Waals surface area contributed by atoms with Gasteiger partial charge in [0.15, 0.2) is 0 Å². The Morgan fingerprint density at radius 2 is 1.32 bits per heavy atom.